The summed E-state index contributed by atoms with van der Waals surface area (Å²) >= 11 is 0. The van der Waals surface area contributed by atoms with E-state index in [9.17, 15) is 0 Å². The molecule has 2 heterocycles. The van der Waals surface area contributed by atoms with Crippen molar-refractivity contribution in [2.45, 2.75) is 57.7 Å². The lowest BCUT2D eigenvalue weighted by Gasteiger charge is -2.57. The Labute approximate surface area is 155 Å². The van der Waals surface area contributed by atoms with Gasteiger partial charge >= 0.3 is 0 Å². The Kier molecular flexibility index (Phi) is 4.73. The van der Waals surface area contributed by atoms with E-state index >= 15 is 0 Å². The largest absolute Gasteiger partial charge is 0.377 e. The second kappa shape index (κ2) is 7.02. The number of ether oxygens (including phenoxy) is 1. The van der Waals surface area contributed by atoms with Gasteiger partial charge in [-0.15, -0.1) is 16.8 Å². The molecule has 1 aromatic heterocycles. The average Bonchev–Trinajstić information content (AvgIpc) is 3.36. The van der Waals surface area contributed by atoms with E-state index in [0.29, 0.717) is 36.6 Å². The molecule has 142 valence electrons. The molecule has 1 spiro atoms. The van der Waals surface area contributed by atoms with Crippen molar-refractivity contribution in [2.24, 2.45) is 23.4 Å². The van der Waals surface area contributed by atoms with Crippen LogP contribution < -0.4 is 10.6 Å². The Morgan fingerprint density at radius 2 is 2.23 bits per heavy atom. The normalized spacial score (nSPS) is 29.5. The van der Waals surface area contributed by atoms with Gasteiger partial charge in [-0.05, 0) is 26.2 Å². The van der Waals surface area contributed by atoms with Gasteiger partial charge in [0, 0.05) is 37.6 Å². The Hall–Kier alpha value is -1.89. The number of rotatable bonds is 5. The highest BCUT2D eigenvalue weighted by Gasteiger charge is 2.65. The SMILES string of the molecule is C=CCNC(=NCc1nnc(C)n1C)NC1C2CCOC2C12CCCC2. The van der Waals surface area contributed by atoms with Crippen LogP contribution >= 0.6 is 0 Å². The highest BCUT2D eigenvalue weighted by molar-refractivity contribution is 5.80. The van der Waals surface area contributed by atoms with E-state index < -0.39 is 0 Å². The first-order valence-electron chi connectivity index (χ1n) is 9.78. The minimum absolute atomic E-state index is 0.305. The predicted octanol–water partition coefficient (Wildman–Crippen LogP) is 1.69. The average molecular weight is 358 g/mol. The smallest absolute Gasteiger partial charge is 0.192 e. The zero-order valence-electron chi connectivity index (χ0n) is 15.9. The van der Waals surface area contributed by atoms with Crippen LogP contribution in [0.5, 0.6) is 0 Å². The second-order valence-corrected chi connectivity index (χ2v) is 7.86. The first-order valence-corrected chi connectivity index (χ1v) is 9.78. The van der Waals surface area contributed by atoms with Crippen molar-refractivity contribution in [1.29, 1.82) is 0 Å². The van der Waals surface area contributed by atoms with E-state index in [-0.39, 0.29) is 0 Å². The molecule has 0 aromatic carbocycles. The van der Waals surface area contributed by atoms with Crippen LogP contribution in [0.2, 0.25) is 0 Å². The van der Waals surface area contributed by atoms with Crippen molar-refractivity contribution in [1.82, 2.24) is 25.4 Å². The monoisotopic (exact) mass is 358 g/mol. The number of guanidine groups is 1. The Morgan fingerprint density at radius 3 is 2.92 bits per heavy atom. The highest BCUT2D eigenvalue weighted by atomic mass is 16.5. The van der Waals surface area contributed by atoms with Gasteiger partial charge in [-0.25, -0.2) is 4.99 Å². The van der Waals surface area contributed by atoms with Crippen LogP contribution in [0.25, 0.3) is 0 Å². The van der Waals surface area contributed by atoms with Crippen LogP contribution in [0.4, 0.5) is 0 Å². The molecule has 2 saturated carbocycles. The molecule has 0 bridgehead atoms. The molecule has 7 nitrogen and oxygen atoms in total. The molecule has 1 saturated heterocycles. The standard InChI is InChI=1S/C19H30N6O/c1-4-10-20-18(21-12-15-24-23-13(2)25(15)3)22-16-14-7-11-26-17(14)19(16)8-5-6-9-19/h4,14,16-17H,1,5-12H2,2-3H3,(H2,20,21,22). The van der Waals surface area contributed by atoms with Crippen molar-refractivity contribution in [3.8, 4) is 0 Å². The Balaban J connectivity index is 1.50. The summed E-state index contributed by atoms with van der Waals surface area (Å²) in [6.07, 6.45) is 8.62. The van der Waals surface area contributed by atoms with E-state index in [4.69, 9.17) is 9.73 Å². The lowest BCUT2D eigenvalue weighted by Crippen LogP contribution is -2.69. The molecule has 2 N–H and O–H groups in total. The fraction of sp³-hybridized carbons (Fsp3) is 0.737. The van der Waals surface area contributed by atoms with Gasteiger partial charge < -0.3 is 19.9 Å². The quantitative estimate of drug-likeness (QED) is 0.476. The van der Waals surface area contributed by atoms with Gasteiger partial charge in [0.2, 0.25) is 0 Å². The first kappa shape index (κ1) is 17.5. The third-order valence-corrected chi connectivity index (χ3v) is 6.55. The van der Waals surface area contributed by atoms with Gasteiger partial charge in [-0.2, -0.15) is 0 Å². The number of aliphatic imine (C=N–C) groups is 1. The maximum atomic E-state index is 6.09. The zero-order valence-corrected chi connectivity index (χ0v) is 15.9. The highest BCUT2D eigenvalue weighted by Crippen LogP contribution is 2.60. The van der Waals surface area contributed by atoms with Crippen molar-refractivity contribution in [3.63, 3.8) is 0 Å². The molecule has 7 heteroatoms. The maximum Gasteiger partial charge on any atom is 0.192 e. The number of fused-ring (bicyclic) bond motifs is 2. The van der Waals surface area contributed by atoms with Gasteiger partial charge in [0.1, 0.15) is 12.4 Å². The van der Waals surface area contributed by atoms with Crippen molar-refractivity contribution < 1.29 is 4.74 Å². The minimum Gasteiger partial charge on any atom is -0.377 e. The van der Waals surface area contributed by atoms with Crippen molar-refractivity contribution >= 4 is 5.96 Å². The van der Waals surface area contributed by atoms with Gasteiger partial charge in [-0.3, -0.25) is 0 Å². The number of hydrogen-bond donors (Lipinski definition) is 2. The van der Waals surface area contributed by atoms with Crippen LogP contribution in [-0.2, 0) is 18.3 Å². The third kappa shape index (κ3) is 2.82. The lowest BCUT2D eigenvalue weighted by atomic mass is 9.54. The number of aromatic nitrogens is 3. The molecule has 1 aliphatic heterocycles. The van der Waals surface area contributed by atoms with Crippen molar-refractivity contribution in [3.05, 3.63) is 24.3 Å². The molecule has 3 atom stereocenters. The molecule has 3 unspecified atom stereocenters. The van der Waals surface area contributed by atoms with E-state index in [1.54, 1.807) is 0 Å². The molecule has 0 radical (unpaired) electrons. The van der Waals surface area contributed by atoms with Gasteiger partial charge in [0.25, 0.3) is 0 Å². The third-order valence-electron chi connectivity index (χ3n) is 6.55. The lowest BCUT2D eigenvalue weighted by molar-refractivity contribution is -0.125. The minimum atomic E-state index is 0.305. The molecule has 3 aliphatic rings. The molecule has 3 fully saturated rings. The molecule has 1 aromatic rings. The topological polar surface area (TPSA) is 76.4 Å². The predicted molar refractivity (Wildman–Crippen MR) is 101 cm³/mol. The van der Waals surface area contributed by atoms with Crippen LogP contribution in [0.15, 0.2) is 17.6 Å². The van der Waals surface area contributed by atoms with E-state index in [1.165, 1.54) is 25.7 Å². The molecular formula is C19H30N6O. The summed E-state index contributed by atoms with van der Waals surface area (Å²) in [5.41, 5.74) is 0.305. The fourth-order valence-corrected chi connectivity index (χ4v) is 5.11. The molecular weight excluding hydrogens is 328 g/mol. The summed E-state index contributed by atoms with van der Waals surface area (Å²) < 4.78 is 8.08. The van der Waals surface area contributed by atoms with Crippen LogP contribution in [0.1, 0.15) is 43.8 Å². The van der Waals surface area contributed by atoms with Gasteiger partial charge in [0.15, 0.2) is 11.8 Å². The molecule has 0 amide bonds. The molecule has 26 heavy (non-hydrogen) atoms. The Morgan fingerprint density at radius 1 is 1.42 bits per heavy atom. The van der Waals surface area contributed by atoms with Crippen LogP contribution in [0, 0.1) is 18.3 Å². The van der Waals surface area contributed by atoms with Crippen LogP contribution in [0.3, 0.4) is 0 Å². The van der Waals surface area contributed by atoms with E-state index in [2.05, 4.69) is 27.4 Å². The molecule has 2 aliphatic carbocycles. The Bertz CT molecular complexity index is 690. The van der Waals surface area contributed by atoms with E-state index in [0.717, 1.165) is 30.6 Å². The second-order valence-electron chi connectivity index (χ2n) is 7.86. The van der Waals surface area contributed by atoms with Gasteiger partial charge in [-0.1, -0.05) is 18.9 Å². The number of nitrogens with zero attached hydrogens (tertiary/aromatic N) is 4. The summed E-state index contributed by atoms with van der Waals surface area (Å²) in [4.78, 5) is 4.78. The summed E-state index contributed by atoms with van der Waals surface area (Å²) in [7, 11) is 1.98. The number of aryl methyl sites for hydroxylation is 1. The van der Waals surface area contributed by atoms with Gasteiger partial charge in [0.05, 0.1) is 6.10 Å². The summed E-state index contributed by atoms with van der Waals surface area (Å²) in [5.74, 6) is 3.22. The number of hydrogen-bond acceptors (Lipinski definition) is 4. The zero-order chi connectivity index (χ0) is 18.1. The first-order chi connectivity index (χ1) is 12.7. The maximum absolute atomic E-state index is 6.09. The summed E-state index contributed by atoms with van der Waals surface area (Å²) in [6.45, 7) is 7.87. The van der Waals surface area contributed by atoms with E-state index in [1.807, 2.05) is 24.6 Å². The van der Waals surface area contributed by atoms with Crippen molar-refractivity contribution in [2.75, 3.05) is 13.2 Å². The summed E-state index contributed by atoms with van der Waals surface area (Å²) in [6, 6.07) is 0.454. The number of nitrogens with one attached hydrogen (secondary N) is 2. The van der Waals surface area contributed by atoms with Crippen LogP contribution in [-0.4, -0.2) is 46.0 Å². The summed E-state index contributed by atoms with van der Waals surface area (Å²) in [5, 5.41) is 15.4. The fourth-order valence-electron chi connectivity index (χ4n) is 5.11. The molecule has 4 rings (SSSR count).